The Labute approximate surface area is 212 Å². The zero-order valence-corrected chi connectivity index (χ0v) is 20.0. The van der Waals surface area contributed by atoms with Crippen molar-refractivity contribution in [3.63, 3.8) is 0 Å². The molecule has 12 nitrogen and oxygen atoms in total. The summed E-state index contributed by atoms with van der Waals surface area (Å²) >= 11 is 1.16. The average molecular weight is 545 g/mol. The Morgan fingerprint density at radius 1 is 1.27 bits per heavy atom. The third-order valence-corrected chi connectivity index (χ3v) is 6.30. The Bertz CT molecular complexity index is 1150. The van der Waals surface area contributed by atoms with Gasteiger partial charge >= 0.3 is 18.5 Å². The number of ether oxygens (including phenoxy) is 1. The minimum absolute atomic E-state index is 0.0539. The van der Waals surface area contributed by atoms with Crippen molar-refractivity contribution in [1.82, 2.24) is 15.4 Å². The van der Waals surface area contributed by atoms with E-state index in [2.05, 4.69) is 10.3 Å². The van der Waals surface area contributed by atoms with Gasteiger partial charge in [0, 0.05) is 18.5 Å². The van der Waals surface area contributed by atoms with Crippen molar-refractivity contribution < 1.29 is 42.2 Å². The highest BCUT2D eigenvalue weighted by molar-refractivity contribution is 7.13. The number of carbonyl (C=O) groups is 3. The van der Waals surface area contributed by atoms with Crippen LogP contribution in [0, 0.1) is 5.82 Å². The van der Waals surface area contributed by atoms with E-state index >= 15 is 4.39 Å². The van der Waals surface area contributed by atoms with Gasteiger partial charge in [-0.2, -0.15) is 8.78 Å². The maximum Gasteiger partial charge on any atom is 0.414 e. The number of nitrogens with one attached hydrogen (secondary N) is 2. The van der Waals surface area contributed by atoms with Gasteiger partial charge < -0.3 is 20.1 Å². The van der Waals surface area contributed by atoms with Crippen LogP contribution in [0.1, 0.15) is 5.69 Å². The highest BCUT2D eigenvalue weighted by atomic mass is 32.1. The van der Waals surface area contributed by atoms with Crippen molar-refractivity contribution in [2.45, 2.75) is 19.1 Å². The quantitative estimate of drug-likeness (QED) is 0.480. The lowest BCUT2D eigenvalue weighted by Gasteiger charge is -2.23. The van der Waals surface area contributed by atoms with E-state index in [1.54, 1.807) is 10.3 Å². The molecular formula is C21H23F3N6O6S. The summed E-state index contributed by atoms with van der Waals surface area (Å²) in [6.07, 6.45) is -4.84. The van der Waals surface area contributed by atoms with Gasteiger partial charge in [-0.05, 0) is 18.2 Å². The Morgan fingerprint density at radius 3 is 2.78 bits per heavy atom. The van der Waals surface area contributed by atoms with Crippen molar-refractivity contribution in [3.05, 3.63) is 35.1 Å². The van der Waals surface area contributed by atoms with Crippen LogP contribution in [0.15, 0.2) is 23.6 Å². The lowest BCUT2D eigenvalue weighted by atomic mass is 10.2. The van der Waals surface area contributed by atoms with Gasteiger partial charge in [0.05, 0.1) is 49.9 Å². The first-order valence-electron chi connectivity index (χ1n) is 11.1. The third kappa shape index (κ3) is 6.39. The number of hydrogen-bond acceptors (Lipinski definition) is 9. The molecule has 0 saturated carbocycles. The average Bonchev–Trinajstić information content (AvgIpc) is 3.40. The maximum atomic E-state index is 15.0. The van der Waals surface area contributed by atoms with Crippen molar-refractivity contribution in [1.29, 1.82) is 0 Å². The fourth-order valence-corrected chi connectivity index (χ4v) is 4.38. The van der Waals surface area contributed by atoms with Crippen LogP contribution in [0.2, 0.25) is 0 Å². The van der Waals surface area contributed by atoms with E-state index in [1.807, 2.05) is 5.32 Å². The zero-order valence-electron chi connectivity index (χ0n) is 19.2. The number of hydroxylamine groups is 2. The summed E-state index contributed by atoms with van der Waals surface area (Å²) in [6, 6.07) is 3.58. The highest BCUT2D eigenvalue weighted by Crippen LogP contribution is 2.28. The van der Waals surface area contributed by atoms with Gasteiger partial charge in [0.15, 0.2) is 5.13 Å². The lowest BCUT2D eigenvalue weighted by molar-refractivity contribution is -0.132. The maximum absolute atomic E-state index is 15.0. The number of carbonyl (C=O) groups excluding carboxylic acids is 3. The number of thiazole rings is 1. The van der Waals surface area contributed by atoms with Crippen LogP contribution in [0.3, 0.4) is 0 Å². The first-order valence-corrected chi connectivity index (χ1v) is 12.0. The minimum atomic E-state index is -3.18. The molecule has 200 valence electrons. The molecule has 2 aromatic rings. The number of benzene rings is 1. The molecule has 0 aliphatic carbocycles. The summed E-state index contributed by atoms with van der Waals surface area (Å²) in [5.41, 5.74) is 0.862. The van der Waals surface area contributed by atoms with Crippen molar-refractivity contribution in [3.8, 4) is 0 Å². The van der Waals surface area contributed by atoms with Gasteiger partial charge in [-0.3, -0.25) is 19.8 Å². The molecule has 3 heterocycles. The summed E-state index contributed by atoms with van der Waals surface area (Å²) in [7, 11) is 0. The number of alkyl halides is 2. The van der Waals surface area contributed by atoms with Crippen LogP contribution in [-0.4, -0.2) is 85.0 Å². The van der Waals surface area contributed by atoms with Crippen LogP contribution < -0.4 is 20.4 Å². The first kappa shape index (κ1) is 26.4. The SMILES string of the molecule is O=C(NC[C@H]1CN(c2ccc(N3CCON(C(=O)Nc4nc(CO)cs4)CC3)c(F)c2)C(=O)O1)C(F)F. The van der Waals surface area contributed by atoms with E-state index in [0.29, 0.717) is 10.8 Å². The molecule has 1 atom stereocenters. The number of aliphatic hydroxyl groups is 1. The van der Waals surface area contributed by atoms with Crippen molar-refractivity contribution in [2.75, 3.05) is 54.4 Å². The van der Waals surface area contributed by atoms with Gasteiger partial charge in [0.1, 0.15) is 11.9 Å². The largest absolute Gasteiger partial charge is 0.442 e. The summed E-state index contributed by atoms with van der Waals surface area (Å²) in [5.74, 6) is -2.10. The number of aromatic nitrogens is 1. The molecule has 2 aliphatic heterocycles. The molecule has 4 rings (SSSR count). The van der Waals surface area contributed by atoms with E-state index in [9.17, 15) is 23.2 Å². The van der Waals surface area contributed by atoms with E-state index in [0.717, 1.165) is 27.4 Å². The number of amides is 4. The van der Waals surface area contributed by atoms with Crippen LogP contribution in [0.5, 0.6) is 0 Å². The van der Waals surface area contributed by atoms with E-state index in [1.165, 1.54) is 12.1 Å². The number of anilines is 3. The normalized spacial score (nSPS) is 18.1. The van der Waals surface area contributed by atoms with E-state index in [4.69, 9.17) is 14.7 Å². The van der Waals surface area contributed by atoms with E-state index < -0.39 is 36.4 Å². The van der Waals surface area contributed by atoms with Crippen LogP contribution in [0.4, 0.5) is 39.3 Å². The molecule has 0 bridgehead atoms. The third-order valence-electron chi connectivity index (χ3n) is 5.50. The Hall–Kier alpha value is -3.63. The standard InChI is InChI=1S/C21H23F3N6O6S/c22-15-7-13(29-9-14(36-21(29)34)8-25-18(32)17(23)24)1-2-16(15)28-3-4-30(35-6-5-28)20(33)27-19-26-12(10-31)11-37-19/h1-2,7,11,14,17,31H,3-6,8-10H2,(H,25,32)(H,26,27,33)/t14-/m0/s1. The van der Waals surface area contributed by atoms with Crippen molar-refractivity contribution >= 4 is 45.9 Å². The lowest BCUT2D eigenvalue weighted by Crippen LogP contribution is -2.37. The van der Waals surface area contributed by atoms with Crippen LogP contribution in [-0.2, 0) is 21.0 Å². The second kappa shape index (κ2) is 11.6. The van der Waals surface area contributed by atoms with Crippen molar-refractivity contribution in [2.24, 2.45) is 0 Å². The van der Waals surface area contributed by atoms with Gasteiger partial charge in [-0.15, -0.1) is 11.3 Å². The molecule has 2 fully saturated rings. The number of halogens is 3. The molecule has 1 aromatic carbocycles. The van der Waals surface area contributed by atoms with Crippen LogP contribution in [0.25, 0.3) is 0 Å². The molecular weight excluding hydrogens is 521 g/mol. The molecule has 16 heteroatoms. The van der Waals surface area contributed by atoms with Gasteiger partial charge in [-0.1, -0.05) is 0 Å². The summed E-state index contributed by atoms with van der Waals surface area (Å²) in [6.45, 7) is 0.154. The fourth-order valence-electron chi connectivity index (χ4n) is 3.69. The number of urea groups is 1. The van der Waals surface area contributed by atoms with Crippen LogP contribution >= 0.6 is 11.3 Å². The number of hydrogen-bond donors (Lipinski definition) is 3. The smallest absolute Gasteiger partial charge is 0.414 e. The minimum Gasteiger partial charge on any atom is -0.442 e. The molecule has 0 unspecified atom stereocenters. The molecule has 2 saturated heterocycles. The topological polar surface area (TPSA) is 137 Å². The zero-order chi connectivity index (χ0) is 26.5. The predicted octanol–water partition coefficient (Wildman–Crippen LogP) is 1.77. The predicted molar refractivity (Wildman–Crippen MR) is 125 cm³/mol. The van der Waals surface area contributed by atoms with Gasteiger partial charge in [-0.25, -0.2) is 24.0 Å². The molecule has 4 amide bonds. The highest BCUT2D eigenvalue weighted by Gasteiger charge is 2.34. The van der Waals surface area contributed by atoms with Gasteiger partial charge in [0.25, 0.3) is 5.91 Å². The van der Waals surface area contributed by atoms with E-state index in [-0.39, 0.29) is 57.3 Å². The molecule has 3 N–H and O–H groups in total. The van der Waals surface area contributed by atoms with Gasteiger partial charge in [0.2, 0.25) is 0 Å². The fraction of sp³-hybridized carbons (Fsp3) is 0.429. The number of rotatable bonds is 7. The number of cyclic esters (lactones) is 1. The number of nitrogens with zero attached hydrogens (tertiary/aromatic N) is 4. The molecule has 1 aromatic heterocycles. The molecule has 37 heavy (non-hydrogen) atoms. The summed E-state index contributed by atoms with van der Waals surface area (Å²) in [5, 5.41) is 16.7. The Morgan fingerprint density at radius 2 is 2.08 bits per heavy atom. The first-order chi connectivity index (χ1) is 17.7. The molecule has 0 radical (unpaired) electrons. The second-order valence-electron chi connectivity index (χ2n) is 7.95. The monoisotopic (exact) mass is 544 g/mol. The number of aliphatic hydroxyl groups excluding tert-OH is 1. The Balaban J connectivity index is 1.34. The Kier molecular flexibility index (Phi) is 8.30. The molecule has 2 aliphatic rings. The summed E-state index contributed by atoms with van der Waals surface area (Å²) in [4.78, 5) is 48.1. The second-order valence-corrected chi connectivity index (χ2v) is 8.81. The molecule has 0 spiro atoms. The summed E-state index contributed by atoms with van der Waals surface area (Å²) < 4.78 is 44.8.